The maximum Gasteiger partial charge on any atom is 0.319 e. The molecule has 0 radical (unpaired) electrons. The van der Waals surface area contributed by atoms with Crippen LogP contribution >= 0.6 is 0 Å². The maximum atomic E-state index is 10.8. The molecule has 0 saturated carbocycles. The number of methoxy groups -OCH3 is 1. The van der Waals surface area contributed by atoms with Crippen molar-refractivity contribution in [3.63, 3.8) is 0 Å². The molecule has 0 aliphatic heterocycles. The molecule has 1 aromatic heterocycles. The molecule has 0 bridgehead atoms. The first kappa shape index (κ1) is 29.3. The number of nitrogens with two attached hydrogens (primary N) is 1. The highest BCUT2D eigenvalue weighted by Gasteiger charge is 2.24. The second-order valence-electron chi connectivity index (χ2n) is 9.93. The van der Waals surface area contributed by atoms with Crippen LogP contribution in [0.5, 0.6) is 23.3 Å². The highest BCUT2D eigenvalue weighted by Crippen LogP contribution is 2.41. The molecule has 1 atom stereocenters. The van der Waals surface area contributed by atoms with Gasteiger partial charge in [-0.2, -0.15) is 0 Å². The first-order valence-corrected chi connectivity index (χ1v) is 13.9. The molecule has 8 heteroatoms. The molecular formula is C30H44N4O4. The van der Waals surface area contributed by atoms with Crippen molar-refractivity contribution in [2.45, 2.75) is 85.1 Å². The van der Waals surface area contributed by atoms with Gasteiger partial charge in [0.1, 0.15) is 17.2 Å². The Hall–Kier alpha value is -3.26. The summed E-state index contributed by atoms with van der Waals surface area (Å²) in [6.45, 7) is 11.9. The number of ether oxygens (including phenoxy) is 3. The molecular weight excluding hydrogens is 480 g/mol. The van der Waals surface area contributed by atoms with Crippen molar-refractivity contribution in [1.29, 1.82) is 0 Å². The van der Waals surface area contributed by atoms with E-state index in [0.29, 0.717) is 36.2 Å². The zero-order valence-electron chi connectivity index (χ0n) is 23.8. The summed E-state index contributed by atoms with van der Waals surface area (Å²) in [5.74, 6) is 2.87. The van der Waals surface area contributed by atoms with Crippen molar-refractivity contribution in [1.82, 2.24) is 14.8 Å². The van der Waals surface area contributed by atoms with Crippen LogP contribution in [0.4, 0.5) is 0 Å². The van der Waals surface area contributed by atoms with E-state index in [0.717, 1.165) is 61.0 Å². The standard InChI is InChI=1S/C30H44N4O4/c1-7-10-15-37-27-19-28(38-16-11-8-2)24(18-22(27)20(4)5)29-32-33-30(35)34(29)21-13-14-26(36-6)23(17-21)25(31)12-9-3/h13-14,17-20,25H,7-12,15-16,31H2,1-6H3,(H,33,35). The molecule has 0 aliphatic carbocycles. The molecule has 38 heavy (non-hydrogen) atoms. The Morgan fingerprint density at radius 3 is 2.16 bits per heavy atom. The fourth-order valence-corrected chi connectivity index (χ4v) is 4.41. The lowest BCUT2D eigenvalue weighted by Crippen LogP contribution is -2.12. The molecule has 208 valence electrons. The molecule has 3 aromatic rings. The van der Waals surface area contributed by atoms with Gasteiger partial charge in [-0.3, -0.25) is 0 Å². The molecule has 0 spiro atoms. The van der Waals surface area contributed by atoms with Crippen LogP contribution in [0.25, 0.3) is 17.1 Å². The van der Waals surface area contributed by atoms with Crippen LogP contribution in [-0.2, 0) is 0 Å². The lowest BCUT2D eigenvalue weighted by molar-refractivity contribution is 0.292. The molecule has 1 heterocycles. The van der Waals surface area contributed by atoms with E-state index in [-0.39, 0.29) is 18.0 Å². The zero-order valence-corrected chi connectivity index (χ0v) is 23.8. The summed E-state index contributed by atoms with van der Waals surface area (Å²) in [5, 5.41) is 19.3. The normalized spacial score (nSPS) is 12.1. The van der Waals surface area contributed by atoms with Crippen LogP contribution in [-0.4, -0.2) is 40.2 Å². The molecule has 8 nitrogen and oxygen atoms in total. The quantitative estimate of drug-likeness (QED) is 0.208. The highest BCUT2D eigenvalue weighted by molar-refractivity contribution is 5.70. The van der Waals surface area contributed by atoms with Gasteiger partial charge >= 0.3 is 6.01 Å². The van der Waals surface area contributed by atoms with E-state index in [2.05, 4.69) is 50.9 Å². The van der Waals surface area contributed by atoms with Crippen molar-refractivity contribution in [2.75, 3.05) is 20.3 Å². The van der Waals surface area contributed by atoms with Crippen LogP contribution in [0.3, 0.4) is 0 Å². The zero-order chi connectivity index (χ0) is 27.7. The molecule has 0 fully saturated rings. The number of hydrogen-bond donors (Lipinski definition) is 2. The number of aromatic hydroxyl groups is 1. The molecule has 0 aliphatic rings. The number of nitrogens with zero attached hydrogens (tertiary/aromatic N) is 3. The van der Waals surface area contributed by atoms with Gasteiger partial charge in [-0.15, -0.1) is 5.10 Å². The van der Waals surface area contributed by atoms with Gasteiger partial charge in [-0.05, 0) is 55.0 Å². The van der Waals surface area contributed by atoms with Crippen LogP contribution in [0.2, 0.25) is 0 Å². The fraction of sp³-hybridized carbons (Fsp3) is 0.533. The van der Waals surface area contributed by atoms with Crippen molar-refractivity contribution >= 4 is 0 Å². The third kappa shape index (κ3) is 6.78. The summed E-state index contributed by atoms with van der Waals surface area (Å²) in [4.78, 5) is 0. The largest absolute Gasteiger partial charge is 0.496 e. The molecule has 3 N–H and O–H groups in total. The van der Waals surface area contributed by atoms with E-state index in [9.17, 15) is 5.11 Å². The SMILES string of the molecule is CCCCOc1cc(OCCCC)c(C(C)C)cc1-c1nnc(O)n1-c1ccc(OC)c(C(N)CCC)c1. The molecule has 0 amide bonds. The lowest BCUT2D eigenvalue weighted by Gasteiger charge is -2.20. The van der Waals surface area contributed by atoms with Crippen LogP contribution in [0.15, 0.2) is 30.3 Å². The molecule has 0 saturated heterocycles. The lowest BCUT2D eigenvalue weighted by atomic mass is 9.98. The topological polar surface area (TPSA) is 105 Å². The van der Waals surface area contributed by atoms with Gasteiger partial charge in [-0.1, -0.05) is 59.0 Å². The van der Waals surface area contributed by atoms with E-state index >= 15 is 0 Å². The van der Waals surface area contributed by atoms with Crippen molar-refractivity contribution < 1.29 is 19.3 Å². The summed E-state index contributed by atoms with van der Waals surface area (Å²) in [6, 6.07) is 9.28. The minimum absolute atomic E-state index is 0.197. The number of hydrogen-bond acceptors (Lipinski definition) is 7. The third-order valence-electron chi connectivity index (χ3n) is 6.60. The van der Waals surface area contributed by atoms with Gasteiger partial charge in [-0.25, -0.2) is 4.57 Å². The first-order chi connectivity index (χ1) is 18.4. The summed E-state index contributed by atoms with van der Waals surface area (Å²) in [6.07, 6.45) is 5.74. The predicted molar refractivity (Wildman–Crippen MR) is 152 cm³/mol. The van der Waals surface area contributed by atoms with Crippen LogP contribution in [0.1, 0.15) is 96.2 Å². The number of unbranched alkanes of at least 4 members (excludes halogenated alkanes) is 2. The predicted octanol–water partition coefficient (Wildman–Crippen LogP) is 6.93. The second-order valence-corrected chi connectivity index (χ2v) is 9.93. The average molecular weight is 525 g/mol. The van der Waals surface area contributed by atoms with Crippen molar-refractivity contribution in [3.8, 4) is 40.3 Å². The van der Waals surface area contributed by atoms with E-state index in [1.54, 1.807) is 11.7 Å². The van der Waals surface area contributed by atoms with Gasteiger partial charge < -0.3 is 25.1 Å². The Morgan fingerprint density at radius 2 is 1.55 bits per heavy atom. The van der Waals surface area contributed by atoms with Gasteiger partial charge in [0.2, 0.25) is 0 Å². The van der Waals surface area contributed by atoms with Gasteiger partial charge in [0.15, 0.2) is 5.82 Å². The van der Waals surface area contributed by atoms with Gasteiger partial charge in [0.25, 0.3) is 0 Å². The molecule has 3 rings (SSSR count). The van der Waals surface area contributed by atoms with E-state index in [1.807, 2.05) is 24.3 Å². The van der Waals surface area contributed by atoms with Crippen LogP contribution in [0, 0.1) is 0 Å². The monoisotopic (exact) mass is 524 g/mol. The first-order valence-electron chi connectivity index (χ1n) is 13.9. The Morgan fingerprint density at radius 1 is 0.868 bits per heavy atom. The maximum absolute atomic E-state index is 10.8. The van der Waals surface area contributed by atoms with Gasteiger partial charge in [0, 0.05) is 17.7 Å². The second kappa shape index (κ2) is 14.0. The average Bonchev–Trinajstić information content (AvgIpc) is 3.29. The minimum atomic E-state index is -0.214. The summed E-state index contributed by atoms with van der Waals surface area (Å²) in [7, 11) is 1.64. The van der Waals surface area contributed by atoms with Crippen molar-refractivity contribution in [3.05, 3.63) is 41.5 Å². The summed E-state index contributed by atoms with van der Waals surface area (Å²) in [5.41, 5.74) is 9.84. The summed E-state index contributed by atoms with van der Waals surface area (Å²) < 4.78 is 19.7. The number of rotatable bonds is 15. The van der Waals surface area contributed by atoms with E-state index in [1.165, 1.54) is 0 Å². The van der Waals surface area contributed by atoms with E-state index < -0.39 is 0 Å². The Balaban J connectivity index is 2.18. The smallest absolute Gasteiger partial charge is 0.319 e. The van der Waals surface area contributed by atoms with E-state index in [4.69, 9.17) is 19.9 Å². The molecule has 2 aromatic carbocycles. The third-order valence-corrected chi connectivity index (χ3v) is 6.60. The Bertz CT molecular complexity index is 1180. The van der Waals surface area contributed by atoms with Crippen LogP contribution < -0.4 is 19.9 Å². The summed E-state index contributed by atoms with van der Waals surface area (Å²) >= 11 is 0. The number of benzene rings is 2. The Labute approximate surface area is 227 Å². The molecule has 1 unspecified atom stereocenters. The number of aromatic nitrogens is 3. The fourth-order valence-electron chi connectivity index (χ4n) is 4.41. The highest BCUT2D eigenvalue weighted by atomic mass is 16.5. The Kier molecular flexibility index (Phi) is 10.8. The van der Waals surface area contributed by atoms with Crippen molar-refractivity contribution in [2.24, 2.45) is 5.73 Å². The minimum Gasteiger partial charge on any atom is -0.496 e. The van der Waals surface area contributed by atoms with Gasteiger partial charge in [0.05, 0.1) is 31.6 Å².